The monoisotopic (exact) mass is 255 g/mol. The fourth-order valence-electron chi connectivity index (χ4n) is 2.01. The van der Waals surface area contributed by atoms with Crippen LogP contribution in [0, 0.1) is 0 Å². The van der Waals surface area contributed by atoms with Gasteiger partial charge in [0.05, 0.1) is 5.60 Å². The van der Waals surface area contributed by atoms with Crippen molar-refractivity contribution in [1.82, 2.24) is 5.32 Å². The maximum absolute atomic E-state index is 5.51. The van der Waals surface area contributed by atoms with E-state index in [4.69, 9.17) is 4.74 Å². The zero-order valence-corrected chi connectivity index (χ0v) is 12.3. The van der Waals surface area contributed by atoms with Crippen molar-refractivity contribution in [3.63, 3.8) is 0 Å². The van der Waals surface area contributed by atoms with Crippen LogP contribution in [-0.2, 0) is 11.2 Å². The minimum Gasteiger partial charge on any atom is -0.379 e. The fourth-order valence-corrected chi connectivity index (χ4v) is 2.74. The summed E-state index contributed by atoms with van der Waals surface area (Å²) in [6.07, 6.45) is 3.40. The van der Waals surface area contributed by atoms with Crippen molar-refractivity contribution in [2.24, 2.45) is 0 Å². The van der Waals surface area contributed by atoms with E-state index in [0.29, 0.717) is 6.04 Å². The normalized spacial score (nSPS) is 13.9. The Morgan fingerprint density at radius 2 is 2.24 bits per heavy atom. The summed E-state index contributed by atoms with van der Waals surface area (Å²) in [6, 6.07) is 4.88. The second-order valence-corrected chi connectivity index (χ2v) is 6.07. The maximum Gasteiger partial charge on any atom is 0.0637 e. The van der Waals surface area contributed by atoms with Gasteiger partial charge >= 0.3 is 0 Å². The van der Waals surface area contributed by atoms with Crippen LogP contribution in [0.5, 0.6) is 0 Å². The first kappa shape index (κ1) is 14.7. The number of nitrogens with one attached hydrogen (secondary N) is 1. The van der Waals surface area contributed by atoms with Crippen molar-refractivity contribution >= 4 is 11.3 Å². The van der Waals surface area contributed by atoms with E-state index in [0.717, 1.165) is 19.4 Å². The van der Waals surface area contributed by atoms with Gasteiger partial charge in [-0.3, -0.25) is 0 Å². The number of rotatable bonds is 8. The molecular formula is C14H25NOS. The van der Waals surface area contributed by atoms with Crippen molar-refractivity contribution in [3.05, 3.63) is 22.4 Å². The van der Waals surface area contributed by atoms with E-state index in [1.165, 1.54) is 11.3 Å². The zero-order valence-electron chi connectivity index (χ0n) is 11.5. The molecule has 1 aromatic rings. The summed E-state index contributed by atoms with van der Waals surface area (Å²) >= 11 is 1.85. The van der Waals surface area contributed by atoms with E-state index >= 15 is 0 Å². The van der Waals surface area contributed by atoms with Crippen molar-refractivity contribution in [2.45, 2.75) is 51.7 Å². The molecule has 2 nitrogen and oxygen atoms in total. The molecule has 0 fully saturated rings. The highest BCUT2D eigenvalue weighted by Gasteiger charge is 2.22. The summed E-state index contributed by atoms with van der Waals surface area (Å²) in [5, 5.41) is 5.71. The fraction of sp³-hybridized carbons (Fsp3) is 0.714. The Morgan fingerprint density at radius 3 is 2.76 bits per heavy atom. The van der Waals surface area contributed by atoms with Gasteiger partial charge in [0, 0.05) is 18.0 Å². The van der Waals surface area contributed by atoms with Crippen molar-refractivity contribution in [3.8, 4) is 0 Å². The van der Waals surface area contributed by atoms with Crippen LogP contribution >= 0.6 is 11.3 Å². The van der Waals surface area contributed by atoms with Crippen LogP contribution in [0.1, 0.15) is 38.5 Å². The molecule has 0 amide bonds. The predicted molar refractivity (Wildman–Crippen MR) is 75.8 cm³/mol. The van der Waals surface area contributed by atoms with Crippen molar-refractivity contribution in [2.75, 3.05) is 13.7 Å². The Labute approximate surface area is 109 Å². The van der Waals surface area contributed by atoms with E-state index in [1.807, 2.05) is 11.3 Å². The first-order chi connectivity index (χ1) is 8.07. The molecule has 0 aliphatic carbocycles. The first-order valence-corrected chi connectivity index (χ1v) is 7.26. The average Bonchev–Trinajstić information content (AvgIpc) is 2.79. The molecule has 17 heavy (non-hydrogen) atoms. The molecule has 1 aromatic heterocycles. The second kappa shape index (κ2) is 7.14. The van der Waals surface area contributed by atoms with Gasteiger partial charge in [0.1, 0.15) is 0 Å². The SMILES string of the molecule is CCNC(CCc1cccs1)CC(C)(C)OC. The third-order valence-electron chi connectivity index (χ3n) is 3.10. The molecule has 1 heterocycles. The molecule has 98 valence electrons. The Morgan fingerprint density at radius 1 is 1.47 bits per heavy atom. The van der Waals surface area contributed by atoms with Gasteiger partial charge in [-0.25, -0.2) is 0 Å². The quantitative estimate of drug-likeness (QED) is 0.768. The molecule has 1 atom stereocenters. The molecular weight excluding hydrogens is 230 g/mol. The third-order valence-corrected chi connectivity index (χ3v) is 4.04. The molecule has 0 aliphatic heterocycles. The lowest BCUT2D eigenvalue weighted by Gasteiger charge is -2.29. The average molecular weight is 255 g/mol. The molecule has 1 N–H and O–H groups in total. The number of hydrogen-bond donors (Lipinski definition) is 1. The smallest absolute Gasteiger partial charge is 0.0637 e. The molecule has 0 aromatic carbocycles. The summed E-state index contributed by atoms with van der Waals surface area (Å²) in [7, 11) is 1.79. The summed E-state index contributed by atoms with van der Waals surface area (Å²) in [5.74, 6) is 0. The predicted octanol–water partition coefficient (Wildman–Crippen LogP) is 3.47. The summed E-state index contributed by atoms with van der Waals surface area (Å²) in [4.78, 5) is 1.48. The minimum atomic E-state index is -0.0394. The van der Waals surface area contributed by atoms with Gasteiger partial charge in [0.15, 0.2) is 0 Å². The third kappa shape index (κ3) is 5.66. The van der Waals surface area contributed by atoms with Crippen LogP contribution in [0.15, 0.2) is 17.5 Å². The number of hydrogen-bond acceptors (Lipinski definition) is 3. The molecule has 0 spiro atoms. The number of ether oxygens (including phenoxy) is 1. The lowest BCUT2D eigenvalue weighted by molar-refractivity contribution is 0.00657. The number of aryl methyl sites for hydroxylation is 1. The molecule has 1 unspecified atom stereocenters. The Balaban J connectivity index is 2.42. The summed E-state index contributed by atoms with van der Waals surface area (Å²) in [5.41, 5.74) is -0.0394. The molecule has 0 bridgehead atoms. The highest BCUT2D eigenvalue weighted by Crippen LogP contribution is 2.20. The Bertz CT molecular complexity index is 295. The van der Waals surface area contributed by atoms with Crippen LogP contribution in [0.4, 0.5) is 0 Å². The van der Waals surface area contributed by atoms with Crippen LogP contribution in [0.2, 0.25) is 0 Å². The van der Waals surface area contributed by atoms with E-state index in [-0.39, 0.29) is 5.60 Å². The van der Waals surface area contributed by atoms with Gasteiger partial charge in [-0.05, 0) is 51.1 Å². The van der Waals surface area contributed by atoms with Gasteiger partial charge in [0.25, 0.3) is 0 Å². The Kier molecular flexibility index (Phi) is 6.17. The van der Waals surface area contributed by atoms with E-state index in [1.54, 1.807) is 7.11 Å². The molecule has 0 saturated heterocycles. The van der Waals surface area contributed by atoms with E-state index in [9.17, 15) is 0 Å². The van der Waals surface area contributed by atoms with Crippen LogP contribution < -0.4 is 5.32 Å². The molecule has 3 heteroatoms. The molecule has 0 radical (unpaired) electrons. The molecule has 0 saturated carbocycles. The van der Waals surface area contributed by atoms with Crippen LogP contribution in [0.25, 0.3) is 0 Å². The Hall–Kier alpha value is -0.380. The van der Waals surface area contributed by atoms with Gasteiger partial charge in [-0.1, -0.05) is 13.0 Å². The lowest BCUT2D eigenvalue weighted by Crippen LogP contribution is -2.37. The van der Waals surface area contributed by atoms with Gasteiger partial charge in [-0.15, -0.1) is 11.3 Å². The molecule has 1 rings (SSSR count). The first-order valence-electron chi connectivity index (χ1n) is 6.38. The summed E-state index contributed by atoms with van der Waals surface area (Å²) < 4.78 is 5.51. The van der Waals surface area contributed by atoms with Gasteiger partial charge < -0.3 is 10.1 Å². The number of thiophene rings is 1. The summed E-state index contributed by atoms with van der Waals surface area (Å²) in [6.45, 7) is 7.50. The minimum absolute atomic E-state index is 0.0394. The van der Waals surface area contributed by atoms with Crippen molar-refractivity contribution < 1.29 is 4.74 Å². The largest absolute Gasteiger partial charge is 0.379 e. The standard InChI is InChI=1S/C14H25NOS/c1-5-15-12(11-14(2,3)16-4)8-9-13-7-6-10-17-13/h6-7,10,12,15H,5,8-9,11H2,1-4H3. The van der Waals surface area contributed by atoms with Gasteiger partial charge in [-0.2, -0.15) is 0 Å². The van der Waals surface area contributed by atoms with Gasteiger partial charge in [0.2, 0.25) is 0 Å². The topological polar surface area (TPSA) is 21.3 Å². The lowest BCUT2D eigenvalue weighted by atomic mass is 9.95. The highest BCUT2D eigenvalue weighted by molar-refractivity contribution is 7.09. The highest BCUT2D eigenvalue weighted by atomic mass is 32.1. The zero-order chi connectivity index (χ0) is 12.7. The van der Waals surface area contributed by atoms with E-state index in [2.05, 4.69) is 43.6 Å². The van der Waals surface area contributed by atoms with Crippen LogP contribution in [-0.4, -0.2) is 25.3 Å². The second-order valence-electron chi connectivity index (χ2n) is 5.04. The van der Waals surface area contributed by atoms with E-state index < -0.39 is 0 Å². The maximum atomic E-state index is 5.51. The van der Waals surface area contributed by atoms with Crippen molar-refractivity contribution in [1.29, 1.82) is 0 Å². The molecule has 0 aliphatic rings. The van der Waals surface area contributed by atoms with Crippen LogP contribution in [0.3, 0.4) is 0 Å². The number of methoxy groups -OCH3 is 1.